The molecule has 136 valence electrons. The van der Waals surface area contributed by atoms with E-state index in [0.29, 0.717) is 31.3 Å². The second kappa shape index (κ2) is 10.0. The highest BCUT2D eigenvalue weighted by molar-refractivity contribution is 14.0. The first-order chi connectivity index (χ1) is 11.0. The molecule has 1 aromatic carbocycles. The lowest BCUT2D eigenvalue weighted by atomic mass is 10.3. The Morgan fingerprint density at radius 1 is 1.38 bits per heavy atom. The Bertz CT molecular complexity index is 638. The van der Waals surface area contributed by atoms with Gasteiger partial charge in [-0.2, -0.15) is 0 Å². The quantitative estimate of drug-likeness (QED) is 0.285. The molecule has 0 spiro atoms. The summed E-state index contributed by atoms with van der Waals surface area (Å²) in [6.45, 7) is 1.13. The number of hydrogen-bond donors (Lipinski definition) is 2. The standard InChI is InChI=1S/C15H22FN3O3S.HI/c1-17-15(19-13-7-10-23(20,21)11-13)18-8-2-9-22-14-5-3-12(16)4-6-14;/h3-6,13H,2,7-11H2,1H3,(H2,17,18,19);1H. The summed E-state index contributed by atoms with van der Waals surface area (Å²) in [6, 6.07) is 5.80. The van der Waals surface area contributed by atoms with Gasteiger partial charge in [-0.3, -0.25) is 4.99 Å². The third kappa shape index (κ3) is 7.20. The molecule has 0 saturated carbocycles. The number of rotatable bonds is 6. The van der Waals surface area contributed by atoms with Crippen molar-refractivity contribution in [3.63, 3.8) is 0 Å². The Morgan fingerprint density at radius 3 is 2.67 bits per heavy atom. The van der Waals surface area contributed by atoms with Crippen LogP contribution in [0.25, 0.3) is 0 Å². The first-order valence-electron chi connectivity index (χ1n) is 7.54. The van der Waals surface area contributed by atoms with E-state index in [9.17, 15) is 12.8 Å². The number of ether oxygens (including phenoxy) is 1. The molecule has 24 heavy (non-hydrogen) atoms. The van der Waals surface area contributed by atoms with Crippen LogP contribution >= 0.6 is 24.0 Å². The second-order valence-corrected chi connectivity index (χ2v) is 7.63. The van der Waals surface area contributed by atoms with Crippen LogP contribution in [-0.4, -0.2) is 52.1 Å². The largest absolute Gasteiger partial charge is 0.494 e. The first kappa shape index (κ1) is 20.9. The number of halogens is 2. The molecular weight excluding hydrogens is 448 g/mol. The molecule has 0 aromatic heterocycles. The minimum atomic E-state index is -2.90. The molecule has 2 N–H and O–H groups in total. The van der Waals surface area contributed by atoms with Crippen LogP contribution in [0.1, 0.15) is 12.8 Å². The van der Waals surface area contributed by atoms with E-state index in [1.54, 1.807) is 19.2 Å². The fourth-order valence-corrected chi connectivity index (χ4v) is 3.97. The van der Waals surface area contributed by atoms with Crippen molar-refractivity contribution in [1.29, 1.82) is 0 Å². The summed E-state index contributed by atoms with van der Waals surface area (Å²) < 4.78 is 41.1. The predicted octanol–water partition coefficient (Wildman–Crippen LogP) is 1.56. The molecule has 1 aliphatic heterocycles. The number of benzene rings is 1. The van der Waals surface area contributed by atoms with Crippen LogP contribution < -0.4 is 15.4 Å². The number of sulfone groups is 1. The maximum atomic E-state index is 12.7. The van der Waals surface area contributed by atoms with Crippen molar-refractivity contribution in [2.75, 3.05) is 31.7 Å². The molecule has 1 aromatic rings. The van der Waals surface area contributed by atoms with Gasteiger partial charge in [0.05, 0.1) is 18.1 Å². The molecule has 0 amide bonds. The van der Waals surface area contributed by atoms with Crippen LogP contribution in [0.5, 0.6) is 5.75 Å². The number of aliphatic imine (C=N–C) groups is 1. The van der Waals surface area contributed by atoms with Crippen LogP contribution in [0.2, 0.25) is 0 Å². The Hall–Kier alpha value is -1.10. The molecule has 0 bridgehead atoms. The zero-order chi connectivity index (χ0) is 16.7. The molecule has 1 atom stereocenters. The zero-order valence-electron chi connectivity index (χ0n) is 13.5. The maximum absolute atomic E-state index is 12.7. The Kier molecular flexibility index (Phi) is 8.74. The van der Waals surface area contributed by atoms with Gasteiger partial charge >= 0.3 is 0 Å². The van der Waals surface area contributed by atoms with Crippen molar-refractivity contribution >= 4 is 39.8 Å². The minimum Gasteiger partial charge on any atom is -0.494 e. The van der Waals surface area contributed by atoms with Crippen molar-refractivity contribution in [2.24, 2.45) is 4.99 Å². The van der Waals surface area contributed by atoms with Gasteiger partial charge in [0, 0.05) is 19.6 Å². The molecule has 9 heteroatoms. The van der Waals surface area contributed by atoms with Crippen LogP contribution in [0.4, 0.5) is 4.39 Å². The van der Waals surface area contributed by atoms with Gasteiger partial charge in [-0.25, -0.2) is 12.8 Å². The van der Waals surface area contributed by atoms with E-state index >= 15 is 0 Å². The fourth-order valence-electron chi connectivity index (χ4n) is 2.30. The summed E-state index contributed by atoms with van der Waals surface area (Å²) in [4.78, 5) is 4.08. The van der Waals surface area contributed by atoms with E-state index in [2.05, 4.69) is 15.6 Å². The number of nitrogens with zero attached hydrogens (tertiary/aromatic N) is 1. The van der Waals surface area contributed by atoms with Gasteiger partial charge in [0.25, 0.3) is 0 Å². The van der Waals surface area contributed by atoms with Gasteiger partial charge in [0.15, 0.2) is 15.8 Å². The molecule has 0 aliphatic carbocycles. The van der Waals surface area contributed by atoms with Gasteiger partial charge in [0.1, 0.15) is 11.6 Å². The predicted molar refractivity (Wildman–Crippen MR) is 103 cm³/mol. The fraction of sp³-hybridized carbons (Fsp3) is 0.533. The Labute approximate surface area is 159 Å². The summed E-state index contributed by atoms with van der Waals surface area (Å²) in [5, 5.41) is 6.24. The van der Waals surface area contributed by atoms with E-state index in [0.717, 1.165) is 6.42 Å². The summed E-state index contributed by atoms with van der Waals surface area (Å²) in [5.74, 6) is 1.32. The van der Waals surface area contributed by atoms with Crippen molar-refractivity contribution in [3.8, 4) is 5.75 Å². The lowest BCUT2D eigenvalue weighted by Crippen LogP contribution is -2.44. The average molecular weight is 471 g/mol. The van der Waals surface area contributed by atoms with Crippen LogP contribution in [0.15, 0.2) is 29.3 Å². The van der Waals surface area contributed by atoms with Crippen LogP contribution in [-0.2, 0) is 9.84 Å². The highest BCUT2D eigenvalue weighted by Crippen LogP contribution is 2.11. The van der Waals surface area contributed by atoms with Gasteiger partial charge < -0.3 is 15.4 Å². The third-order valence-corrected chi connectivity index (χ3v) is 5.26. The van der Waals surface area contributed by atoms with Crippen molar-refractivity contribution in [3.05, 3.63) is 30.1 Å². The van der Waals surface area contributed by atoms with E-state index in [1.807, 2.05) is 0 Å². The molecule has 1 saturated heterocycles. The molecule has 1 heterocycles. The topological polar surface area (TPSA) is 79.8 Å². The van der Waals surface area contributed by atoms with E-state index < -0.39 is 9.84 Å². The number of guanidine groups is 1. The van der Waals surface area contributed by atoms with Gasteiger partial charge in [0.2, 0.25) is 0 Å². The molecule has 1 aliphatic rings. The smallest absolute Gasteiger partial charge is 0.191 e. The van der Waals surface area contributed by atoms with Crippen LogP contribution in [0.3, 0.4) is 0 Å². The summed E-state index contributed by atoms with van der Waals surface area (Å²) in [5.41, 5.74) is 0. The monoisotopic (exact) mass is 471 g/mol. The van der Waals surface area contributed by atoms with E-state index in [4.69, 9.17) is 4.74 Å². The molecule has 1 fully saturated rings. The Balaban J connectivity index is 0.00000288. The lowest BCUT2D eigenvalue weighted by molar-refractivity contribution is 0.310. The summed E-state index contributed by atoms with van der Waals surface area (Å²) in [7, 11) is -1.26. The van der Waals surface area contributed by atoms with Gasteiger partial charge in [-0.1, -0.05) is 0 Å². The average Bonchev–Trinajstić information content (AvgIpc) is 2.86. The van der Waals surface area contributed by atoms with Gasteiger partial charge in [-0.05, 0) is 37.1 Å². The van der Waals surface area contributed by atoms with Gasteiger partial charge in [-0.15, -0.1) is 24.0 Å². The van der Waals surface area contributed by atoms with Crippen molar-refractivity contribution in [1.82, 2.24) is 10.6 Å². The number of hydrogen-bond acceptors (Lipinski definition) is 4. The Morgan fingerprint density at radius 2 is 2.08 bits per heavy atom. The van der Waals surface area contributed by atoms with Crippen LogP contribution in [0, 0.1) is 5.82 Å². The third-order valence-electron chi connectivity index (χ3n) is 3.49. The molecule has 6 nitrogen and oxygen atoms in total. The first-order valence-corrected chi connectivity index (χ1v) is 9.36. The van der Waals surface area contributed by atoms with E-state index in [1.165, 1.54) is 12.1 Å². The molecular formula is C15H23FIN3O3S. The SMILES string of the molecule is CN=C(NCCCOc1ccc(F)cc1)NC1CCS(=O)(=O)C1.I. The highest BCUT2D eigenvalue weighted by atomic mass is 127. The maximum Gasteiger partial charge on any atom is 0.191 e. The summed E-state index contributed by atoms with van der Waals surface area (Å²) in [6.07, 6.45) is 1.34. The van der Waals surface area contributed by atoms with Crippen molar-refractivity contribution < 1.29 is 17.5 Å². The summed E-state index contributed by atoms with van der Waals surface area (Å²) >= 11 is 0. The molecule has 1 unspecified atom stereocenters. The lowest BCUT2D eigenvalue weighted by Gasteiger charge is -2.16. The molecule has 0 radical (unpaired) electrons. The minimum absolute atomic E-state index is 0. The highest BCUT2D eigenvalue weighted by Gasteiger charge is 2.28. The normalized spacial score (nSPS) is 19.4. The molecule has 2 rings (SSSR count). The second-order valence-electron chi connectivity index (χ2n) is 5.40. The van der Waals surface area contributed by atoms with E-state index in [-0.39, 0.29) is 47.3 Å². The number of nitrogens with one attached hydrogen (secondary N) is 2. The zero-order valence-corrected chi connectivity index (χ0v) is 16.6. The van der Waals surface area contributed by atoms with Crippen molar-refractivity contribution in [2.45, 2.75) is 18.9 Å².